The number of hydrogen-bond acceptors (Lipinski definition) is 5. The second kappa shape index (κ2) is 4.35. The van der Waals surface area contributed by atoms with Crippen LogP contribution in [0.1, 0.15) is 13.8 Å². The summed E-state index contributed by atoms with van der Waals surface area (Å²) in [5.74, 6) is -1.81. The highest BCUT2D eigenvalue weighted by molar-refractivity contribution is 6.12. The van der Waals surface area contributed by atoms with E-state index in [1.165, 1.54) is 19.1 Å². The molecule has 1 amide bonds. The van der Waals surface area contributed by atoms with Gasteiger partial charge in [0.2, 0.25) is 5.91 Å². The second-order valence-electron chi connectivity index (χ2n) is 4.82. The Labute approximate surface area is 105 Å². The molecule has 0 aromatic rings. The zero-order valence-corrected chi connectivity index (χ0v) is 10.9. The first kappa shape index (κ1) is 13.0. The van der Waals surface area contributed by atoms with Crippen LogP contribution < -0.4 is 0 Å². The Morgan fingerprint density at radius 3 is 2.44 bits per heavy atom. The van der Waals surface area contributed by atoms with Gasteiger partial charge in [0, 0.05) is 13.0 Å². The highest BCUT2D eigenvalue weighted by Crippen LogP contribution is 2.43. The van der Waals surface area contributed by atoms with Crippen LogP contribution in [0.2, 0.25) is 0 Å². The molecule has 0 N–H and O–H groups in total. The summed E-state index contributed by atoms with van der Waals surface area (Å²) in [7, 11) is 2.74. The number of hydrogen-bond donors (Lipinski definition) is 0. The predicted octanol–water partition coefficient (Wildman–Crippen LogP) is -0.391. The van der Waals surface area contributed by atoms with Crippen molar-refractivity contribution in [3.63, 3.8) is 0 Å². The highest BCUT2D eigenvalue weighted by atomic mass is 16.5. The Balaban J connectivity index is 2.27. The normalized spacial score (nSPS) is 36.1. The standard InChI is InChI=1S/C12H17NO5/c1-5-8-7(6(2)17-3)11(15)13(8)9(10(5)14)12(16)18-4/h5-9H,1-4H3. The fourth-order valence-corrected chi connectivity index (χ4v) is 2.93. The van der Waals surface area contributed by atoms with Gasteiger partial charge in [0.25, 0.3) is 0 Å². The molecule has 2 heterocycles. The molecule has 6 heteroatoms. The zero-order chi connectivity index (χ0) is 13.6. The molecule has 2 saturated heterocycles. The van der Waals surface area contributed by atoms with Gasteiger partial charge in [-0.3, -0.25) is 9.59 Å². The lowest BCUT2D eigenvalue weighted by Gasteiger charge is -2.47. The van der Waals surface area contributed by atoms with Crippen LogP contribution >= 0.6 is 0 Å². The molecule has 5 atom stereocenters. The van der Waals surface area contributed by atoms with Gasteiger partial charge in [0.1, 0.15) is 0 Å². The number of β-lactam (4-membered cyclic amide) rings is 1. The minimum atomic E-state index is -1.07. The summed E-state index contributed by atoms with van der Waals surface area (Å²) in [5, 5.41) is 0. The maximum absolute atomic E-state index is 12.1. The van der Waals surface area contributed by atoms with E-state index in [-0.39, 0.29) is 35.7 Å². The van der Waals surface area contributed by atoms with Crippen molar-refractivity contribution >= 4 is 17.7 Å². The Bertz CT molecular complexity index is 407. The van der Waals surface area contributed by atoms with E-state index in [2.05, 4.69) is 4.74 Å². The molecular weight excluding hydrogens is 238 g/mol. The zero-order valence-electron chi connectivity index (χ0n) is 10.9. The number of rotatable bonds is 3. The first-order chi connectivity index (χ1) is 8.45. The molecular formula is C12H17NO5. The third-order valence-electron chi connectivity index (χ3n) is 4.04. The molecule has 0 spiro atoms. The van der Waals surface area contributed by atoms with Crippen molar-refractivity contribution in [1.29, 1.82) is 0 Å². The van der Waals surface area contributed by atoms with Crippen LogP contribution in [0.15, 0.2) is 0 Å². The third-order valence-corrected chi connectivity index (χ3v) is 4.04. The highest BCUT2D eigenvalue weighted by Gasteiger charge is 2.64. The van der Waals surface area contributed by atoms with Gasteiger partial charge < -0.3 is 14.4 Å². The topological polar surface area (TPSA) is 72.9 Å². The summed E-state index contributed by atoms with van der Waals surface area (Å²) in [5.41, 5.74) is 0. The summed E-state index contributed by atoms with van der Waals surface area (Å²) < 4.78 is 9.75. The van der Waals surface area contributed by atoms with E-state index in [9.17, 15) is 14.4 Å². The van der Waals surface area contributed by atoms with Crippen LogP contribution in [-0.2, 0) is 23.9 Å². The molecule has 0 bridgehead atoms. The Morgan fingerprint density at radius 2 is 1.94 bits per heavy atom. The number of ketones is 1. The van der Waals surface area contributed by atoms with E-state index >= 15 is 0 Å². The smallest absolute Gasteiger partial charge is 0.336 e. The molecule has 5 unspecified atom stereocenters. The Kier molecular flexibility index (Phi) is 3.14. The van der Waals surface area contributed by atoms with Crippen molar-refractivity contribution < 1.29 is 23.9 Å². The summed E-state index contributed by atoms with van der Waals surface area (Å²) in [6.45, 7) is 3.54. The quantitative estimate of drug-likeness (QED) is 0.390. The summed E-state index contributed by atoms with van der Waals surface area (Å²) in [6.07, 6.45) is -0.259. The molecule has 18 heavy (non-hydrogen) atoms. The van der Waals surface area contributed by atoms with Gasteiger partial charge in [-0.2, -0.15) is 0 Å². The van der Waals surface area contributed by atoms with Gasteiger partial charge in [-0.1, -0.05) is 6.92 Å². The van der Waals surface area contributed by atoms with E-state index in [1.807, 2.05) is 0 Å². The SMILES string of the molecule is COC(=O)C1C(=O)C(C)C2C(C(C)OC)C(=O)N12. The van der Waals surface area contributed by atoms with Crippen molar-refractivity contribution in [2.75, 3.05) is 14.2 Å². The fraction of sp³-hybridized carbons (Fsp3) is 0.750. The summed E-state index contributed by atoms with van der Waals surface area (Å²) >= 11 is 0. The summed E-state index contributed by atoms with van der Waals surface area (Å²) in [6, 6.07) is -1.31. The Morgan fingerprint density at radius 1 is 1.33 bits per heavy atom. The first-order valence-electron chi connectivity index (χ1n) is 5.92. The molecule has 2 rings (SSSR count). The number of fused-ring (bicyclic) bond motifs is 1. The predicted molar refractivity (Wildman–Crippen MR) is 60.6 cm³/mol. The lowest BCUT2D eigenvalue weighted by atomic mass is 9.79. The number of carbonyl (C=O) groups excluding carboxylic acids is 3. The van der Waals surface area contributed by atoms with E-state index in [4.69, 9.17) is 4.74 Å². The molecule has 2 aliphatic heterocycles. The molecule has 0 saturated carbocycles. The molecule has 6 nitrogen and oxygen atoms in total. The van der Waals surface area contributed by atoms with Crippen LogP contribution in [0, 0.1) is 11.8 Å². The lowest BCUT2D eigenvalue weighted by Crippen LogP contribution is -2.66. The number of esters is 1. The first-order valence-corrected chi connectivity index (χ1v) is 5.92. The number of methoxy groups -OCH3 is 2. The van der Waals surface area contributed by atoms with Crippen LogP contribution in [-0.4, -0.2) is 55.0 Å². The third kappa shape index (κ3) is 1.48. The van der Waals surface area contributed by atoms with Gasteiger partial charge in [-0.05, 0) is 6.92 Å². The van der Waals surface area contributed by atoms with Gasteiger partial charge in [0.05, 0.1) is 25.2 Å². The lowest BCUT2D eigenvalue weighted by molar-refractivity contribution is -0.173. The molecule has 2 aliphatic rings. The van der Waals surface area contributed by atoms with Gasteiger partial charge >= 0.3 is 5.97 Å². The van der Waals surface area contributed by atoms with Crippen LogP contribution in [0.4, 0.5) is 0 Å². The monoisotopic (exact) mass is 255 g/mol. The van der Waals surface area contributed by atoms with Crippen molar-refractivity contribution in [2.45, 2.75) is 32.0 Å². The largest absolute Gasteiger partial charge is 0.467 e. The van der Waals surface area contributed by atoms with Crippen molar-refractivity contribution in [1.82, 2.24) is 4.90 Å². The van der Waals surface area contributed by atoms with Crippen LogP contribution in [0.5, 0.6) is 0 Å². The van der Waals surface area contributed by atoms with Crippen molar-refractivity contribution in [2.24, 2.45) is 11.8 Å². The van der Waals surface area contributed by atoms with Crippen LogP contribution in [0.3, 0.4) is 0 Å². The maximum Gasteiger partial charge on any atom is 0.336 e. The molecule has 0 radical (unpaired) electrons. The van der Waals surface area contributed by atoms with Crippen molar-refractivity contribution in [3.8, 4) is 0 Å². The van der Waals surface area contributed by atoms with Crippen molar-refractivity contribution in [3.05, 3.63) is 0 Å². The maximum atomic E-state index is 12.1. The summed E-state index contributed by atoms with van der Waals surface area (Å²) in [4.78, 5) is 37.0. The number of ether oxygens (including phenoxy) is 2. The van der Waals surface area contributed by atoms with Crippen LogP contribution in [0.25, 0.3) is 0 Å². The minimum absolute atomic E-state index is 0.206. The molecule has 2 fully saturated rings. The number of amides is 1. The second-order valence-corrected chi connectivity index (χ2v) is 4.82. The van der Waals surface area contributed by atoms with E-state index in [0.717, 1.165) is 0 Å². The molecule has 100 valence electrons. The minimum Gasteiger partial charge on any atom is -0.467 e. The van der Waals surface area contributed by atoms with Gasteiger partial charge in [-0.25, -0.2) is 4.79 Å². The number of carbonyl (C=O) groups is 3. The fourth-order valence-electron chi connectivity index (χ4n) is 2.93. The average molecular weight is 255 g/mol. The number of Topliss-reactive ketones (excluding diaryl/α,β-unsaturated/α-hetero) is 1. The molecule has 0 aromatic heterocycles. The average Bonchev–Trinajstić information content (AvgIpc) is 2.59. The van der Waals surface area contributed by atoms with E-state index < -0.39 is 12.0 Å². The number of nitrogens with zero attached hydrogens (tertiary/aromatic N) is 1. The van der Waals surface area contributed by atoms with Gasteiger partial charge in [0.15, 0.2) is 11.8 Å². The van der Waals surface area contributed by atoms with Gasteiger partial charge in [-0.15, -0.1) is 0 Å². The van der Waals surface area contributed by atoms with E-state index in [0.29, 0.717) is 0 Å². The molecule has 0 aliphatic carbocycles. The molecule has 0 aromatic carbocycles. The van der Waals surface area contributed by atoms with E-state index in [1.54, 1.807) is 13.8 Å². The Hall–Kier alpha value is -1.43.